The summed E-state index contributed by atoms with van der Waals surface area (Å²) in [4.78, 5) is 25.1. The SMILES string of the molecule is Cc1ccc(N)cc1C(=O)Nc1ccc(Oc2ccc(NC(=O)c3cc(N)ccc3C)cc2)cc1. The molecule has 6 N–H and O–H groups in total. The Morgan fingerprint density at radius 1 is 0.600 bits per heavy atom. The van der Waals surface area contributed by atoms with E-state index in [0.717, 1.165) is 11.1 Å². The van der Waals surface area contributed by atoms with Gasteiger partial charge in [0.1, 0.15) is 11.5 Å². The summed E-state index contributed by atoms with van der Waals surface area (Å²) in [6.45, 7) is 3.72. The smallest absolute Gasteiger partial charge is 0.256 e. The van der Waals surface area contributed by atoms with Crippen molar-refractivity contribution in [1.82, 2.24) is 0 Å². The Morgan fingerprint density at radius 2 is 0.971 bits per heavy atom. The lowest BCUT2D eigenvalue weighted by atomic mass is 10.1. The number of nitrogens with two attached hydrogens (primary N) is 2. The van der Waals surface area contributed by atoms with Gasteiger partial charge in [-0.1, -0.05) is 12.1 Å². The number of hydrogen-bond acceptors (Lipinski definition) is 5. The molecular formula is C28H26N4O3. The van der Waals surface area contributed by atoms with Gasteiger partial charge in [-0.2, -0.15) is 0 Å². The molecular weight excluding hydrogens is 440 g/mol. The standard InChI is InChI=1S/C28H26N4O3/c1-17-3-5-19(29)15-25(17)27(33)31-21-7-11-23(12-8-21)35-24-13-9-22(10-14-24)32-28(34)26-16-20(30)6-4-18(26)2/h3-16H,29-30H2,1-2H3,(H,31,33)(H,32,34). The van der Waals surface area contributed by atoms with E-state index in [1.165, 1.54) is 0 Å². The van der Waals surface area contributed by atoms with Gasteiger partial charge in [0.05, 0.1) is 0 Å². The van der Waals surface area contributed by atoms with Crippen molar-refractivity contribution in [2.75, 3.05) is 22.1 Å². The Bertz CT molecular complexity index is 1270. The summed E-state index contributed by atoms with van der Waals surface area (Å²) in [5.74, 6) is 0.759. The number of ether oxygens (including phenoxy) is 1. The summed E-state index contributed by atoms with van der Waals surface area (Å²) in [6.07, 6.45) is 0. The van der Waals surface area contributed by atoms with Crippen molar-refractivity contribution in [3.8, 4) is 11.5 Å². The number of hydrogen-bond donors (Lipinski definition) is 4. The molecule has 0 aliphatic carbocycles. The fourth-order valence-corrected chi connectivity index (χ4v) is 3.51. The zero-order chi connectivity index (χ0) is 24.9. The van der Waals surface area contributed by atoms with Crippen molar-refractivity contribution < 1.29 is 14.3 Å². The van der Waals surface area contributed by atoms with Gasteiger partial charge < -0.3 is 26.8 Å². The lowest BCUT2D eigenvalue weighted by molar-refractivity contribution is 0.101. The van der Waals surface area contributed by atoms with E-state index >= 15 is 0 Å². The van der Waals surface area contributed by atoms with Crippen molar-refractivity contribution >= 4 is 34.6 Å². The van der Waals surface area contributed by atoms with Crippen LogP contribution in [0.5, 0.6) is 11.5 Å². The van der Waals surface area contributed by atoms with E-state index in [4.69, 9.17) is 16.2 Å². The van der Waals surface area contributed by atoms with Gasteiger partial charge in [-0.15, -0.1) is 0 Å². The second-order valence-corrected chi connectivity index (χ2v) is 8.21. The number of aryl methyl sites for hydroxylation is 2. The molecule has 35 heavy (non-hydrogen) atoms. The molecule has 7 heteroatoms. The highest BCUT2D eigenvalue weighted by molar-refractivity contribution is 6.06. The van der Waals surface area contributed by atoms with E-state index in [0.29, 0.717) is 45.4 Å². The maximum absolute atomic E-state index is 12.6. The van der Waals surface area contributed by atoms with Crippen LogP contribution in [0.4, 0.5) is 22.7 Å². The number of nitrogens with one attached hydrogen (secondary N) is 2. The molecule has 4 rings (SSSR count). The number of rotatable bonds is 6. The van der Waals surface area contributed by atoms with Crippen LogP contribution in [0.3, 0.4) is 0 Å². The van der Waals surface area contributed by atoms with Crippen LogP contribution in [-0.4, -0.2) is 11.8 Å². The molecule has 0 aromatic heterocycles. The zero-order valence-electron chi connectivity index (χ0n) is 19.5. The Balaban J connectivity index is 1.36. The van der Waals surface area contributed by atoms with Crippen molar-refractivity contribution in [3.63, 3.8) is 0 Å². The summed E-state index contributed by atoms with van der Waals surface area (Å²) in [5, 5.41) is 5.73. The summed E-state index contributed by atoms with van der Waals surface area (Å²) in [6, 6.07) is 24.6. The lowest BCUT2D eigenvalue weighted by Crippen LogP contribution is -2.13. The Morgan fingerprint density at radius 3 is 1.34 bits per heavy atom. The molecule has 4 aromatic rings. The minimum atomic E-state index is -0.227. The molecule has 0 spiro atoms. The molecule has 2 amide bonds. The number of carbonyl (C=O) groups excluding carboxylic acids is 2. The summed E-state index contributed by atoms with van der Waals surface area (Å²) < 4.78 is 5.88. The minimum absolute atomic E-state index is 0.227. The average molecular weight is 467 g/mol. The van der Waals surface area contributed by atoms with E-state index in [-0.39, 0.29) is 11.8 Å². The largest absolute Gasteiger partial charge is 0.457 e. The van der Waals surface area contributed by atoms with Crippen molar-refractivity contribution in [1.29, 1.82) is 0 Å². The maximum Gasteiger partial charge on any atom is 0.256 e. The maximum atomic E-state index is 12.6. The van der Waals surface area contributed by atoms with E-state index in [1.807, 2.05) is 26.0 Å². The third kappa shape index (κ3) is 5.78. The fraction of sp³-hybridized carbons (Fsp3) is 0.0714. The summed E-state index contributed by atoms with van der Waals surface area (Å²) in [5.41, 5.74) is 16.7. The first-order valence-corrected chi connectivity index (χ1v) is 11.0. The highest BCUT2D eigenvalue weighted by Crippen LogP contribution is 2.25. The van der Waals surface area contributed by atoms with Crippen LogP contribution in [0.25, 0.3) is 0 Å². The van der Waals surface area contributed by atoms with Crippen LogP contribution in [0.2, 0.25) is 0 Å². The Kier molecular flexibility index (Phi) is 6.69. The Hall–Kier alpha value is -4.78. The van der Waals surface area contributed by atoms with Gasteiger partial charge in [-0.05, 0) is 97.8 Å². The van der Waals surface area contributed by atoms with Gasteiger partial charge in [0, 0.05) is 33.9 Å². The Labute approximate surface area is 203 Å². The molecule has 176 valence electrons. The highest BCUT2D eigenvalue weighted by atomic mass is 16.5. The molecule has 0 radical (unpaired) electrons. The summed E-state index contributed by atoms with van der Waals surface area (Å²) in [7, 11) is 0. The van der Waals surface area contributed by atoms with Crippen LogP contribution >= 0.6 is 0 Å². The van der Waals surface area contributed by atoms with E-state index in [2.05, 4.69) is 10.6 Å². The molecule has 7 nitrogen and oxygen atoms in total. The van der Waals surface area contributed by atoms with Crippen molar-refractivity contribution in [3.05, 3.63) is 107 Å². The number of nitrogen functional groups attached to an aromatic ring is 2. The van der Waals surface area contributed by atoms with Crippen LogP contribution < -0.4 is 26.8 Å². The predicted molar refractivity (Wildman–Crippen MR) is 140 cm³/mol. The van der Waals surface area contributed by atoms with Gasteiger partial charge in [0.25, 0.3) is 11.8 Å². The van der Waals surface area contributed by atoms with E-state index in [9.17, 15) is 9.59 Å². The zero-order valence-corrected chi connectivity index (χ0v) is 19.5. The molecule has 4 aromatic carbocycles. The lowest BCUT2D eigenvalue weighted by Gasteiger charge is -2.11. The molecule has 0 heterocycles. The predicted octanol–water partition coefficient (Wildman–Crippen LogP) is 5.76. The van der Waals surface area contributed by atoms with Gasteiger partial charge in [-0.25, -0.2) is 0 Å². The van der Waals surface area contributed by atoms with Crippen molar-refractivity contribution in [2.45, 2.75) is 13.8 Å². The summed E-state index contributed by atoms with van der Waals surface area (Å²) >= 11 is 0. The van der Waals surface area contributed by atoms with Crippen molar-refractivity contribution in [2.24, 2.45) is 0 Å². The molecule has 0 saturated carbocycles. The average Bonchev–Trinajstić information content (AvgIpc) is 2.84. The molecule has 0 unspecified atom stereocenters. The molecule has 0 saturated heterocycles. The number of carbonyl (C=O) groups is 2. The number of benzene rings is 4. The third-order valence-corrected chi connectivity index (χ3v) is 5.47. The van der Waals surface area contributed by atoms with Gasteiger partial charge in [-0.3, -0.25) is 9.59 Å². The second-order valence-electron chi connectivity index (χ2n) is 8.21. The first-order chi connectivity index (χ1) is 16.8. The highest BCUT2D eigenvalue weighted by Gasteiger charge is 2.11. The molecule has 0 aliphatic heterocycles. The fourth-order valence-electron chi connectivity index (χ4n) is 3.51. The first-order valence-electron chi connectivity index (χ1n) is 11.0. The van der Waals surface area contributed by atoms with E-state index < -0.39 is 0 Å². The minimum Gasteiger partial charge on any atom is -0.457 e. The van der Waals surface area contributed by atoms with E-state index in [1.54, 1.807) is 72.8 Å². The number of amides is 2. The molecule has 0 fully saturated rings. The first kappa shape index (κ1) is 23.4. The van der Waals surface area contributed by atoms with Crippen LogP contribution in [0.15, 0.2) is 84.9 Å². The quantitative estimate of drug-likeness (QED) is 0.269. The van der Waals surface area contributed by atoms with Crippen LogP contribution in [0, 0.1) is 13.8 Å². The molecule has 0 bridgehead atoms. The van der Waals surface area contributed by atoms with Gasteiger partial charge in [0.2, 0.25) is 0 Å². The monoisotopic (exact) mass is 466 g/mol. The third-order valence-electron chi connectivity index (χ3n) is 5.47. The van der Waals surface area contributed by atoms with Crippen LogP contribution in [-0.2, 0) is 0 Å². The topological polar surface area (TPSA) is 119 Å². The van der Waals surface area contributed by atoms with Crippen LogP contribution in [0.1, 0.15) is 31.8 Å². The molecule has 0 aliphatic rings. The second kappa shape index (κ2) is 10.0. The van der Waals surface area contributed by atoms with Gasteiger partial charge >= 0.3 is 0 Å². The molecule has 0 atom stereocenters. The number of anilines is 4. The van der Waals surface area contributed by atoms with Gasteiger partial charge in [0.15, 0.2) is 0 Å². The normalized spacial score (nSPS) is 10.5.